The average molecular weight is 255 g/mol. The number of hydrogen-bond donors (Lipinski definition) is 0. The summed E-state index contributed by atoms with van der Waals surface area (Å²) in [6.07, 6.45) is 3.37. The van der Waals surface area contributed by atoms with E-state index in [1.54, 1.807) is 0 Å². The van der Waals surface area contributed by atoms with E-state index in [1.807, 2.05) is 24.3 Å². The molecule has 0 saturated heterocycles. The lowest BCUT2D eigenvalue weighted by atomic mass is 10.0. The van der Waals surface area contributed by atoms with E-state index in [0.717, 1.165) is 23.0 Å². The molecule has 98 valence electrons. The van der Waals surface area contributed by atoms with Crippen LogP contribution in [0.15, 0.2) is 43.0 Å². The van der Waals surface area contributed by atoms with Crippen LogP contribution in [0.1, 0.15) is 18.2 Å². The fraction of sp³-hybridized carbons (Fsp3) is 0.250. The zero-order valence-electron chi connectivity index (χ0n) is 11.1. The smallest absolute Gasteiger partial charge is 0.302 e. The highest BCUT2D eigenvalue weighted by atomic mass is 16.5. The Morgan fingerprint density at radius 3 is 2.95 bits per heavy atom. The summed E-state index contributed by atoms with van der Waals surface area (Å²) < 4.78 is 4.93. The molecule has 1 heterocycles. The van der Waals surface area contributed by atoms with Crippen LogP contribution in [-0.4, -0.2) is 17.6 Å². The second-order valence-electron chi connectivity index (χ2n) is 4.37. The van der Waals surface area contributed by atoms with Crippen LogP contribution >= 0.6 is 0 Å². The van der Waals surface area contributed by atoms with E-state index in [9.17, 15) is 4.79 Å². The average Bonchev–Trinajstić information content (AvgIpc) is 2.39. The molecule has 19 heavy (non-hydrogen) atoms. The van der Waals surface area contributed by atoms with Crippen LogP contribution in [0, 0.1) is 0 Å². The summed E-state index contributed by atoms with van der Waals surface area (Å²) in [6, 6.07) is 10.1. The lowest BCUT2D eigenvalue weighted by Crippen LogP contribution is -2.04. The number of benzene rings is 1. The van der Waals surface area contributed by atoms with E-state index in [1.165, 1.54) is 12.5 Å². The number of aromatic nitrogens is 1. The monoisotopic (exact) mass is 255 g/mol. The van der Waals surface area contributed by atoms with E-state index in [-0.39, 0.29) is 5.97 Å². The molecule has 3 nitrogen and oxygen atoms in total. The Labute approximate surface area is 112 Å². The summed E-state index contributed by atoms with van der Waals surface area (Å²) in [5.74, 6) is -0.256. The van der Waals surface area contributed by atoms with Crippen LogP contribution in [0.3, 0.4) is 0 Å². The van der Waals surface area contributed by atoms with Crippen molar-refractivity contribution in [3.63, 3.8) is 0 Å². The Bertz CT molecular complexity index is 605. The van der Waals surface area contributed by atoms with Gasteiger partial charge in [-0.05, 0) is 24.1 Å². The molecule has 0 saturated carbocycles. The normalized spacial score (nSPS) is 10.4. The van der Waals surface area contributed by atoms with Crippen LogP contribution < -0.4 is 0 Å². The SMILES string of the molecule is C=CCc1cccc2nc(CCOC(C)=O)ccc12. The fourth-order valence-corrected chi connectivity index (χ4v) is 2.03. The predicted molar refractivity (Wildman–Crippen MR) is 76.0 cm³/mol. The summed E-state index contributed by atoms with van der Waals surface area (Å²) in [5, 5.41) is 1.15. The topological polar surface area (TPSA) is 39.2 Å². The van der Waals surface area contributed by atoms with Crippen molar-refractivity contribution < 1.29 is 9.53 Å². The van der Waals surface area contributed by atoms with Crippen LogP contribution in [0.25, 0.3) is 10.9 Å². The summed E-state index contributed by atoms with van der Waals surface area (Å²) in [5.41, 5.74) is 3.13. The first-order chi connectivity index (χ1) is 9.20. The largest absolute Gasteiger partial charge is 0.465 e. The maximum absolute atomic E-state index is 10.7. The lowest BCUT2D eigenvalue weighted by molar-refractivity contribution is -0.140. The third-order valence-corrected chi connectivity index (χ3v) is 2.91. The molecule has 0 fully saturated rings. The molecular formula is C16H17NO2. The third-order valence-electron chi connectivity index (χ3n) is 2.91. The number of fused-ring (bicyclic) bond motifs is 1. The van der Waals surface area contributed by atoms with Gasteiger partial charge in [0, 0.05) is 24.4 Å². The van der Waals surface area contributed by atoms with Gasteiger partial charge >= 0.3 is 5.97 Å². The highest BCUT2D eigenvalue weighted by molar-refractivity contribution is 5.82. The first kappa shape index (κ1) is 13.3. The molecule has 0 spiro atoms. The number of esters is 1. The number of ether oxygens (including phenoxy) is 1. The standard InChI is InChI=1S/C16H17NO2/c1-3-5-13-6-4-7-16-15(13)9-8-14(17-16)10-11-19-12(2)18/h3-4,6-9H,1,5,10-11H2,2H3. The molecular weight excluding hydrogens is 238 g/mol. The molecule has 0 radical (unpaired) electrons. The number of nitrogens with zero attached hydrogens (tertiary/aromatic N) is 1. The van der Waals surface area contributed by atoms with Gasteiger partial charge in [0.25, 0.3) is 0 Å². The zero-order chi connectivity index (χ0) is 13.7. The van der Waals surface area contributed by atoms with Gasteiger partial charge in [-0.1, -0.05) is 24.3 Å². The van der Waals surface area contributed by atoms with Crippen molar-refractivity contribution in [1.29, 1.82) is 0 Å². The van der Waals surface area contributed by atoms with E-state index in [4.69, 9.17) is 4.74 Å². The van der Waals surface area contributed by atoms with Crippen LogP contribution in [-0.2, 0) is 22.4 Å². The Morgan fingerprint density at radius 1 is 1.37 bits per heavy atom. The molecule has 2 rings (SSSR count). The number of rotatable bonds is 5. The molecule has 0 unspecified atom stereocenters. The van der Waals surface area contributed by atoms with E-state index in [2.05, 4.69) is 23.7 Å². The summed E-state index contributed by atoms with van der Waals surface area (Å²) in [6.45, 7) is 5.56. The number of carbonyl (C=O) groups excluding carboxylic acids is 1. The Morgan fingerprint density at radius 2 is 2.21 bits per heavy atom. The van der Waals surface area contributed by atoms with Crippen LogP contribution in [0.4, 0.5) is 0 Å². The van der Waals surface area contributed by atoms with Crippen LogP contribution in [0.2, 0.25) is 0 Å². The van der Waals surface area contributed by atoms with E-state index >= 15 is 0 Å². The molecule has 0 aliphatic rings. The van der Waals surface area contributed by atoms with Crippen molar-refractivity contribution in [3.05, 3.63) is 54.2 Å². The van der Waals surface area contributed by atoms with Crippen molar-refractivity contribution >= 4 is 16.9 Å². The molecule has 0 atom stereocenters. The summed E-state index contributed by atoms with van der Waals surface area (Å²) in [4.78, 5) is 15.3. The first-order valence-corrected chi connectivity index (χ1v) is 6.32. The van der Waals surface area contributed by atoms with Gasteiger partial charge in [0.2, 0.25) is 0 Å². The van der Waals surface area contributed by atoms with E-state index < -0.39 is 0 Å². The Hall–Kier alpha value is -2.16. The number of hydrogen-bond acceptors (Lipinski definition) is 3. The molecule has 2 aromatic rings. The maximum Gasteiger partial charge on any atom is 0.302 e. The van der Waals surface area contributed by atoms with Gasteiger partial charge in [-0.15, -0.1) is 6.58 Å². The number of allylic oxidation sites excluding steroid dienone is 1. The summed E-state index contributed by atoms with van der Waals surface area (Å²) in [7, 11) is 0. The zero-order valence-corrected chi connectivity index (χ0v) is 11.1. The molecule has 0 aliphatic carbocycles. The minimum atomic E-state index is -0.256. The van der Waals surface area contributed by atoms with Gasteiger partial charge in [0.15, 0.2) is 0 Å². The Kier molecular flexibility index (Phi) is 4.29. The molecule has 1 aromatic heterocycles. The van der Waals surface area contributed by atoms with Gasteiger partial charge in [0.05, 0.1) is 12.1 Å². The minimum Gasteiger partial charge on any atom is -0.465 e. The van der Waals surface area contributed by atoms with Gasteiger partial charge < -0.3 is 4.74 Å². The third kappa shape index (κ3) is 3.41. The molecule has 0 amide bonds. The molecule has 0 aliphatic heterocycles. The highest BCUT2D eigenvalue weighted by Crippen LogP contribution is 2.18. The quantitative estimate of drug-likeness (QED) is 0.609. The molecule has 0 N–H and O–H groups in total. The van der Waals surface area contributed by atoms with Gasteiger partial charge in [-0.25, -0.2) is 0 Å². The van der Waals surface area contributed by atoms with Gasteiger partial charge in [-0.3, -0.25) is 9.78 Å². The second kappa shape index (κ2) is 6.14. The van der Waals surface area contributed by atoms with Crippen molar-refractivity contribution in [3.8, 4) is 0 Å². The molecule has 0 bridgehead atoms. The lowest BCUT2D eigenvalue weighted by Gasteiger charge is -2.06. The predicted octanol–water partition coefficient (Wildman–Crippen LogP) is 3.07. The molecule has 1 aromatic carbocycles. The van der Waals surface area contributed by atoms with Gasteiger partial charge in [-0.2, -0.15) is 0 Å². The maximum atomic E-state index is 10.7. The number of pyridine rings is 1. The Balaban J connectivity index is 2.21. The van der Waals surface area contributed by atoms with Crippen molar-refractivity contribution in [2.24, 2.45) is 0 Å². The highest BCUT2D eigenvalue weighted by Gasteiger charge is 2.03. The fourth-order valence-electron chi connectivity index (χ4n) is 2.03. The van der Waals surface area contributed by atoms with Crippen molar-refractivity contribution in [2.75, 3.05) is 6.61 Å². The summed E-state index contributed by atoms with van der Waals surface area (Å²) >= 11 is 0. The minimum absolute atomic E-state index is 0.256. The number of carbonyl (C=O) groups is 1. The first-order valence-electron chi connectivity index (χ1n) is 6.32. The second-order valence-corrected chi connectivity index (χ2v) is 4.37. The van der Waals surface area contributed by atoms with E-state index in [0.29, 0.717) is 13.0 Å². The van der Waals surface area contributed by atoms with Gasteiger partial charge in [0.1, 0.15) is 0 Å². The van der Waals surface area contributed by atoms with Crippen LogP contribution in [0.5, 0.6) is 0 Å². The van der Waals surface area contributed by atoms with Crippen molar-refractivity contribution in [2.45, 2.75) is 19.8 Å². The molecule has 3 heteroatoms. The van der Waals surface area contributed by atoms with Crippen molar-refractivity contribution in [1.82, 2.24) is 4.98 Å².